The summed E-state index contributed by atoms with van der Waals surface area (Å²) in [6, 6.07) is 21.8. The molecule has 0 saturated carbocycles. The second-order valence-electron chi connectivity index (χ2n) is 6.98. The van der Waals surface area contributed by atoms with Crippen molar-refractivity contribution in [3.05, 3.63) is 71.8 Å². The molecule has 118 valence electrons. The number of fused-ring (bicyclic) bond motifs is 1. The Morgan fingerprint density at radius 2 is 1.57 bits per heavy atom. The molecular weight excluding hydrogens is 282 g/mol. The Hall–Kier alpha value is -2.09. The van der Waals surface area contributed by atoms with E-state index in [9.17, 15) is 4.79 Å². The summed E-state index contributed by atoms with van der Waals surface area (Å²) in [5.41, 5.74) is 2.62. The summed E-state index contributed by atoms with van der Waals surface area (Å²) in [7, 11) is 0. The van der Waals surface area contributed by atoms with E-state index in [1.54, 1.807) is 0 Å². The van der Waals surface area contributed by atoms with Crippen LogP contribution in [0.5, 0.6) is 0 Å². The number of amides is 1. The Morgan fingerprint density at radius 1 is 1.00 bits per heavy atom. The van der Waals surface area contributed by atoms with Gasteiger partial charge in [0.25, 0.3) is 0 Å². The van der Waals surface area contributed by atoms with E-state index in [-0.39, 0.29) is 11.3 Å². The van der Waals surface area contributed by atoms with E-state index in [1.807, 2.05) is 0 Å². The maximum absolute atomic E-state index is 12.7. The van der Waals surface area contributed by atoms with Gasteiger partial charge >= 0.3 is 0 Å². The van der Waals surface area contributed by atoms with Crippen LogP contribution in [-0.2, 0) is 10.2 Å². The average molecular weight is 305 g/mol. The third-order valence-electron chi connectivity index (χ3n) is 5.80. The van der Waals surface area contributed by atoms with Crippen molar-refractivity contribution in [2.45, 2.75) is 37.6 Å². The minimum atomic E-state index is -0.0540. The molecule has 0 unspecified atom stereocenters. The number of benzene rings is 2. The van der Waals surface area contributed by atoms with Crippen LogP contribution in [0.15, 0.2) is 60.7 Å². The molecule has 0 spiro atoms. The molecule has 2 atom stereocenters. The lowest BCUT2D eigenvalue weighted by molar-refractivity contribution is -0.131. The van der Waals surface area contributed by atoms with Gasteiger partial charge in [0, 0.05) is 23.9 Å². The van der Waals surface area contributed by atoms with Crippen molar-refractivity contribution in [3.8, 4) is 0 Å². The summed E-state index contributed by atoms with van der Waals surface area (Å²) in [5, 5.41) is 0. The van der Waals surface area contributed by atoms with E-state index >= 15 is 0 Å². The molecular formula is C21H23NO. The highest BCUT2D eigenvalue weighted by atomic mass is 16.2. The molecule has 2 aliphatic rings. The van der Waals surface area contributed by atoms with Crippen LogP contribution in [-0.4, -0.2) is 23.4 Å². The Balaban J connectivity index is 1.77. The van der Waals surface area contributed by atoms with Gasteiger partial charge in [0.1, 0.15) is 0 Å². The molecule has 2 fully saturated rings. The van der Waals surface area contributed by atoms with Crippen LogP contribution >= 0.6 is 0 Å². The Labute approximate surface area is 138 Å². The highest BCUT2D eigenvalue weighted by Gasteiger charge is 2.52. The van der Waals surface area contributed by atoms with Crippen molar-refractivity contribution < 1.29 is 4.79 Å². The van der Waals surface area contributed by atoms with Gasteiger partial charge in [-0.25, -0.2) is 0 Å². The van der Waals surface area contributed by atoms with Gasteiger partial charge in [0.2, 0.25) is 5.91 Å². The molecule has 2 nitrogen and oxygen atoms in total. The predicted molar refractivity (Wildman–Crippen MR) is 92.2 cm³/mol. The Morgan fingerprint density at radius 3 is 2.04 bits per heavy atom. The molecule has 0 N–H and O–H groups in total. The van der Waals surface area contributed by atoms with Crippen LogP contribution in [0.3, 0.4) is 0 Å². The van der Waals surface area contributed by atoms with Crippen LogP contribution in [0.4, 0.5) is 0 Å². The molecule has 0 aliphatic carbocycles. The second-order valence-corrected chi connectivity index (χ2v) is 6.98. The van der Waals surface area contributed by atoms with Crippen molar-refractivity contribution in [1.29, 1.82) is 0 Å². The number of nitrogens with zero attached hydrogens (tertiary/aromatic N) is 1. The van der Waals surface area contributed by atoms with Crippen molar-refractivity contribution in [3.63, 3.8) is 0 Å². The lowest BCUT2D eigenvalue weighted by Crippen LogP contribution is -2.35. The van der Waals surface area contributed by atoms with Gasteiger partial charge in [-0.3, -0.25) is 4.79 Å². The fourth-order valence-electron chi connectivity index (χ4n) is 4.57. The maximum atomic E-state index is 12.7. The summed E-state index contributed by atoms with van der Waals surface area (Å²) in [6.45, 7) is 2.95. The van der Waals surface area contributed by atoms with Gasteiger partial charge in [-0.2, -0.15) is 0 Å². The van der Waals surface area contributed by atoms with Crippen molar-refractivity contribution in [1.82, 2.24) is 4.90 Å². The van der Waals surface area contributed by atoms with Gasteiger partial charge in [0.05, 0.1) is 0 Å². The van der Waals surface area contributed by atoms with E-state index in [1.165, 1.54) is 11.1 Å². The van der Waals surface area contributed by atoms with Crippen molar-refractivity contribution >= 4 is 5.91 Å². The Bertz CT molecular complexity index is 655. The quantitative estimate of drug-likeness (QED) is 0.839. The number of carbonyl (C=O) groups excluding carboxylic acids is 1. The third kappa shape index (κ3) is 2.20. The van der Waals surface area contributed by atoms with Gasteiger partial charge in [-0.15, -0.1) is 0 Å². The van der Waals surface area contributed by atoms with Crippen LogP contribution in [0.1, 0.15) is 37.3 Å². The smallest absolute Gasteiger partial charge is 0.226 e. The summed E-state index contributed by atoms with van der Waals surface area (Å²) >= 11 is 0. The molecule has 2 heteroatoms. The molecule has 2 saturated heterocycles. The molecule has 0 bridgehead atoms. The first kappa shape index (κ1) is 14.5. The number of carbonyl (C=O) groups is 1. The van der Waals surface area contributed by atoms with Crippen LogP contribution in [0.2, 0.25) is 0 Å². The molecule has 2 heterocycles. The minimum Gasteiger partial charge on any atom is -0.338 e. The minimum absolute atomic E-state index is 0.0540. The summed E-state index contributed by atoms with van der Waals surface area (Å²) < 4.78 is 0. The highest BCUT2D eigenvalue weighted by molar-refractivity contribution is 5.82. The van der Waals surface area contributed by atoms with Gasteiger partial charge < -0.3 is 4.90 Å². The van der Waals surface area contributed by atoms with E-state index in [0.29, 0.717) is 11.9 Å². The number of hydrogen-bond acceptors (Lipinski definition) is 1. The van der Waals surface area contributed by atoms with E-state index in [0.717, 1.165) is 25.8 Å². The van der Waals surface area contributed by atoms with Gasteiger partial charge in [-0.05, 0) is 30.4 Å². The molecule has 2 aromatic rings. The number of hydrogen-bond donors (Lipinski definition) is 0. The highest BCUT2D eigenvalue weighted by Crippen LogP contribution is 2.48. The molecule has 23 heavy (non-hydrogen) atoms. The molecule has 0 aromatic heterocycles. The zero-order valence-electron chi connectivity index (χ0n) is 13.6. The van der Waals surface area contributed by atoms with Crippen molar-refractivity contribution in [2.24, 2.45) is 5.92 Å². The lowest BCUT2D eigenvalue weighted by atomic mass is 9.72. The first-order chi connectivity index (χ1) is 11.2. The van der Waals surface area contributed by atoms with Crippen LogP contribution < -0.4 is 0 Å². The Kier molecular flexibility index (Phi) is 3.48. The van der Waals surface area contributed by atoms with Crippen LogP contribution in [0, 0.1) is 5.92 Å². The van der Waals surface area contributed by atoms with E-state index in [4.69, 9.17) is 0 Å². The van der Waals surface area contributed by atoms with Gasteiger partial charge in [0.15, 0.2) is 0 Å². The molecule has 0 radical (unpaired) electrons. The zero-order valence-corrected chi connectivity index (χ0v) is 13.6. The third-order valence-corrected chi connectivity index (χ3v) is 5.80. The van der Waals surface area contributed by atoms with E-state index < -0.39 is 0 Å². The van der Waals surface area contributed by atoms with Crippen molar-refractivity contribution in [2.75, 3.05) is 6.54 Å². The normalized spacial score (nSPS) is 25.6. The lowest BCUT2D eigenvalue weighted by Gasteiger charge is -2.31. The van der Waals surface area contributed by atoms with E-state index in [2.05, 4.69) is 72.5 Å². The maximum Gasteiger partial charge on any atom is 0.226 e. The van der Waals surface area contributed by atoms with Crippen LogP contribution in [0.25, 0.3) is 0 Å². The molecule has 2 aliphatic heterocycles. The fraction of sp³-hybridized carbons (Fsp3) is 0.381. The zero-order chi connectivity index (χ0) is 15.9. The monoisotopic (exact) mass is 305 g/mol. The molecule has 2 aromatic carbocycles. The average Bonchev–Trinajstić information content (AvgIpc) is 3.13. The predicted octanol–water partition coefficient (Wildman–Crippen LogP) is 4.00. The second kappa shape index (κ2) is 5.52. The SMILES string of the molecule is CC[C@@H]1C[C@@H]2CC(c3ccccc3)(c3ccccc3)CN2C1=O. The largest absolute Gasteiger partial charge is 0.338 e. The summed E-state index contributed by atoms with van der Waals surface area (Å²) in [6.07, 6.45) is 3.04. The standard InChI is InChI=1S/C21H23NO/c1-2-16-13-19-14-21(15-22(19)20(16)23,17-9-5-3-6-10-17)18-11-7-4-8-12-18/h3-12,16,19H,2,13-15H2,1H3/t16-,19-/m1/s1. The molecule has 1 amide bonds. The first-order valence-corrected chi connectivity index (χ1v) is 8.66. The van der Waals surface area contributed by atoms with Gasteiger partial charge in [-0.1, -0.05) is 67.6 Å². The molecule has 4 rings (SSSR count). The number of rotatable bonds is 3. The fourth-order valence-corrected chi connectivity index (χ4v) is 4.57. The topological polar surface area (TPSA) is 20.3 Å². The first-order valence-electron chi connectivity index (χ1n) is 8.66. The summed E-state index contributed by atoms with van der Waals surface area (Å²) in [5.74, 6) is 0.607. The summed E-state index contributed by atoms with van der Waals surface area (Å²) in [4.78, 5) is 14.9.